The summed E-state index contributed by atoms with van der Waals surface area (Å²) in [6.45, 7) is 1.67. The molecule has 3 heterocycles. The van der Waals surface area contributed by atoms with E-state index in [1.165, 1.54) is 24.5 Å². The fourth-order valence-corrected chi connectivity index (χ4v) is 5.23. The summed E-state index contributed by atoms with van der Waals surface area (Å²) in [6, 6.07) is 1.36. The van der Waals surface area contributed by atoms with Gasteiger partial charge in [-0.25, -0.2) is 18.6 Å². The summed E-state index contributed by atoms with van der Waals surface area (Å²) >= 11 is 4.45. The van der Waals surface area contributed by atoms with Crippen LogP contribution in [0.5, 0.6) is 0 Å². The number of hydrogen-bond acceptors (Lipinski definition) is 9. The number of aliphatic carboxylic acids is 1. The molecule has 0 saturated carbocycles. The number of thiazole rings is 1. The molecule has 2 atom stereocenters. The number of methoxy groups -OCH3 is 1. The normalized spacial score (nSPS) is 20.6. The van der Waals surface area contributed by atoms with E-state index < -0.39 is 29.6 Å². The van der Waals surface area contributed by atoms with Gasteiger partial charge in [0.05, 0.1) is 29.9 Å². The second-order valence-electron chi connectivity index (χ2n) is 8.15. The van der Waals surface area contributed by atoms with E-state index in [1.807, 2.05) is 4.90 Å². The highest BCUT2D eigenvalue weighted by Crippen LogP contribution is 2.38. The number of ether oxygens (including phenoxy) is 2. The average Bonchev–Trinajstić information content (AvgIpc) is 3.41. The van der Waals surface area contributed by atoms with E-state index in [4.69, 9.17) is 14.6 Å². The Balaban J connectivity index is 1.73. The van der Waals surface area contributed by atoms with Crippen molar-refractivity contribution in [1.82, 2.24) is 15.2 Å². The molecule has 2 aromatic rings. The first kappa shape index (κ1) is 26.3. The molecule has 0 aliphatic carbocycles. The van der Waals surface area contributed by atoms with Crippen LogP contribution >= 0.6 is 27.3 Å². The number of halogens is 3. The molecule has 192 valence electrons. The van der Waals surface area contributed by atoms with Crippen molar-refractivity contribution in [3.05, 3.63) is 61.7 Å². The topological polar surface area (TPSA) is 113 Å². The van der Waals surface area contributed by atoms with Crippen molar-refractivity contribution in [2.45, 2.75) is 25.0 Å². The number of carbonyl (C=O) groups excluding carboxylic acids is 1. The van der Waals surface area contributed by atoms with Crippen LogP contribution in [0.25, 0.3) is 0 Å². The van der Waals surface area contributed by atoms with Gasteiger partial charge in [-0.3, -0.25) is 14.7 Å². The molecule has 0 radical (unpaired) electrons. The maximum absolute atomic E-state index is 14.5. The van der Waals surface area contributed by atoms with Crippen LogP contribution in [0.15, 0.2) is 44.4 Å². The van der Waals surface area contributed by atoms with E-state index in [9.17, 15) is 18.4 Å². The Morgan fingerprint density at radius 3 is 2.89 bits per heavy atom. The van der Waals surface area contributed by atoms with Crippen molar-refractivity contribution >= 4 is 45.0 Å². The van der Waals surface area contributed by atoms with Gasteiger partial charge >= 0.3 is 11.9 Å². The minimum Gasteiger partial charge on any atom is -0.481 e. The predicted molar refractivity (Wildman–Crippen MR) is 131 cm³/mol. The number of benzene rings is 1. The Morgan fingerprint density at radius 1 is 1.39 bits per heavy atom. The van der Waals surface area contributed by atoms with Gasteiger partial charge in [-0.15, -0.1) is 11.3 Å². The number of aromatic nitrogens is 1. The molecule has 0 unspecified atom stereocenters. The monoisotopic (exact) mass is 584 g/mol. The number of hydrogen-bond donors (Lipinski definition) is 2. The summed E-state index contributed by atoms with van der Waals surface area (Å²) in [5.41, 5.74) is 0.879. The molecule has 9 nitrogen and oxygen atoms in total. The number of nitrogens with zero attached hydrogens (tertiary/aromatic N) is 3. The Morgan fingerprint density at radius 2 is 2.19 bits per heavy atom. The van der Waals surface area contributed by atoms with Gasteiger partial charge < -0.3 is 19.9 Å². The van der Waals surface area contributed by atoms with Crippen molar-refractivity contribution in [1.29, 1.82) is 0 Å². The number of carboxylic acids is 1. The second-order valence-corrected chi connectivity index (χ2v) is 9.84. The van der Waals surface area contributed by atoms with Gasteiger partial charge in [-0.2, -0.15) is 0 Å². The van der Waals surface area contributed by atoms with Crippen molar-refractivity contribution < 1.29 is 33.0 Å². The number of aliphatic imine (C=N–C) groups is 1. The van der Waals surface area contributed by atoms with E-state index in [1.54, 1.807) is 11.6 Å². The molecular formula is C23H23BrF2N4O5S. The quantitative estimate of drug-likeness (QED) is 0.359. The van der Waals surface area contributed by atoms with Crippen molar-refractivity contribution in [2.75, 3.05) is 33.4 Å². The number of amidine groups is 1. The van der Waals surface area contributed by atoms with Gasteiger partial charge in [0.15, 0.2) is 22.5 Å². The standard InChI is InChI=1S/C23H23BrF2N4O5S/c1-34-23(33)17-15(11-30-7-8-35-12(10-30)2-5-16(31)32)28-21(22-27-6-9-36-22)29-20(17)13-3-4-14(25)19(26)18(13)24/h3-4,6,9,12,20H,2,5,7-8,10-11H2,1H3,(H,28,29)(H,31,32)/t12-,20+/m1/s1. The van der Waals surface area contributed by atoms with Crippen LogP contribution < -0.4 is 5.32 Å². The number of rotatable bonds is 8. The summed E-state index contributed by atoms with van der Waals surface area (Å²) in [7, 11) is 1.24. The van der Waals surface area contributed by atoms with Gasteiger partial charge in [0, 0.05) is 43.3 Å². The second kappa shape index (κ2) is 11.5. The molecule has 4 rings (SSSR count). The highest BCUT2D eigenvalue weighted by molar-refractivity contribution is 9.10. The SMILES string of the molecule is COC(=O)C1=C(CN2CCO[C@H](CCC(=O)O)C2)NC(c2nccs2)=N[C@H]1c1ccc(F)c(F)c1Br. The Hall–Kier alpha value is -2.74. The smallest absolute Gasteiger partial charge is 0.338 e. The molecule has 2 N–H and O–H groups in total. The van der Waals surface area contributed by atoms with Gasteiger partial charge in [-0.1, -0.05) is 6.07 Å². The number of morpholine rings is 1. The molecule has 1 saturated heterocycles. The van der Waals surface area contributed by atoms with Gasteiger partial charge in [-0.05, 0) is 34.0 Å². The lowest BCUT2D eigenvalue weighted by molar-refractivity contribution is -0.138. The summed E-state index contributed by atoms with van der Waals surface area (Å²) in [5.74, 6) is -3.31. The van der Waals surface area contributed by atoms with Crippen molar-refractivity contribution in [3.63, 3.8) is 0 Å². The van der Waals surface area contributed by atoms with Crippen molar-refractivity contribution in [2.24, 2.45) is 4.99 Å². The Kier molecular flexibility index (Phi) is 8.44. The first-order valence-electron chi connectivity index (χ1n) is 11.0. The summed E-state index contributed by atoms with van der Waals surface area (Å²) in [6.07, 6.45) is 1.68. The molecule has 0 spiro atoms. The highest BCUT2D eigenvalue weighted by Gasteiger charge is 2.35. The van der Waals surface area contributed by atoms with E-state index >= 15 is 0 Å². The van der Waals surface area contributed by atoms with Crippen molar-refractivity contribution in [3.8, 4) is 0 Å². The number of esters is 1. The third kappa shape index (κ3) is 5.80. The number of carboxylic acid groups (broad SMARTS) is 1. The average molecular weight is 585 g/mol. The fraction of sp³-hybridized carbons (Fsp3) is 0.391. The molecule has 2 aliphatic heterocycles. The largest absolute Gasteiger partial charge is 0.481 e. The fourth-order valence-electron chi connectivity index (χ4n) is 4.10. The first-order valence-corrected chi connectivity index (χ1v) is 12.7. The van der Waals surface area contributed by atoms with E-state index in [0.717, 1.165) is 6.07 Å². The highest BCUT2D eigenvalue weighted by atomic mass is 79.9. The third-order valence-corrected chi connectivity index (χ3v) is 7.40. The van der Waals surface area contributed by atoms with Crippen LogP contribution in [-0.4, -0.2) is 72.2 Å². The van der Waals surface area contributed by atoms with Crippen LogP contribution in [0, 0.1) is 11.6 Å². The van der Waals surface area contributed by atoms with E-state index in [2.05, 4.69) is 31.2 Å². The molecule has 1 aromatic heterocycles. The number of nitrogens with one attached hydrogen (secondary N) is 1. The van der Waals surface area contributed by atoms with Crippen LogP contribution in [0.3, 0.4) is 0 Å². The minimum atomic E-state index is -1.09. The lowest BCUT2D eigenvalue weighted by Crippen LogP contribution is -2.46. The Labute approximate surface area is 218 Å². The van der Waals surface area contributed by atoms with Gasteiger partial charge in [0.2, 0.25) is 0 Å². The van der Waals surface area contributed by atoms with Crippen LogP contribution in [0.2, 0.25) is 0 Å². The van der Waals surface area contributed by atoms with Crippen LogP contribution in [0.4, 0.5) is 8.78 Å². The maximum Gasteiger partial charge on any atom is 0.338 e. The molecule has 0 bridgehead atoms. The predicted octanol–water partition coefficient (Wildman–Crippen LogP) is 3.27. The van der Waals surface area contributed by atoms with Crippen LogP contribution in [-0.2, 0) is 19.1 Å². The molecule has 0 amide bonds. The summed E-state index contributed by atoms with van der Waals surface area (Å²) in [4.78, 5) is 35.0. The zero-order chi connectivity index (χ0) is 25.8. The molecular weight excluding hydrogens is 562 g/mol. The maximum atomic E-state index is 14.5. The first-order chi connectivity index (χ1) is 17.3. The van der Waals surface area contributed by atoms with E-state index in [-0.39, 0.29) is 34.7 Å². The zero-order valence-corrected chi connectivity index (χ0v) is 21.6. The third-order valence-electron chi connectivity index (χ3n) is 5.81. The molecule has 1 fully saturated rings. The van der Waals surface area contributed by atoms with E-state index in [0.29, 0.717) is 42.7 Å². The molecule has 36 heavy (non-hydrogen) atoms. The lowest BCUT2D eigenvalue weighted by atomic mass is 9.95. The molecule has 2 aliphatic rings. The molecule has 1 aromatic carbocycles. The molecule has 13 heteroatoms. The lowest BCUT2D eigenvalue weighted by Gasteiger charge is -2.35. The number of carbonyl (C=O) groups is 2. The van der Waals surface area contributed by atoms with Gasteiger partial charge in [0.1, 0.15) is 6.04 Å². The van der Waals surface area contributed by atoms with Gasteiger partial charge in [0.25, 0.3) is 0 Å². The Bertz CT molecular complexity index is 1210. The summed E-state index contributed by atoms with van der Waals surface area (Å²) in [5, 5.41) is 14.5. The minimum absolute atomic E-state index is 0.0139. The summed E-state index contributed by atoms with van der Waals surface area (Å²) < 4.78 is 39.0. The zero-order valence-electron chi connectivity index (χ0n) is 19.2. The van der Waals surface area contributed by atoms with Crippen LogP contribution in [0.1, 0.15) is 29.5 Å².